The predicted octanol–water partition coefficient (Wildman–Crippen LogP) is 6.24. The minimum atomic E-state index is -0.146. The summed E-state index contributed by atoms with van der Waals surface area (Å²) in [5.41, 5.74) is 2.89. The molecule has 0 radical (unpaired) electrons. The van der Waals surface area contributed by atoms with E-state index in [9.17, 15) is 4.79 Å². The second kappa shape index (κ2) is 9.78. The first-order valence-corrected chi connectivity index (χ1v) is 11.5. The van der Waals surface area contributed by atoms with Crippen molar-refractivity contribution in [3.05, 3.63) is 57.5 Å². The van der Waals surface area contributed by atoms with Crippen LogP contribution in [0.4, 0.5) is 5.69 Å². The summed E-state index contributed by atoms with van der Waals surface area (Å²) in [7, 11) is 0. The lowest BCUT2D eigenvalue weighted by Crippen LogP contribution is -2.15. The maximum Gasteiger partial charge on any atom is 0.234 e. The van der Waals surface area contributed by atoms with E-state index >= 15 is 0 Å². The van der Waals surface area contributed by atoms with Crippen molar-refractivity contribution in [3.63, 3.8) is 0 Å². The van der Waals surface area contributed by atoms with Crippen molar-refractivity contribution in [1.29, 1.82) is 0 Å². The van der Waals surface area contributed by atoms with E-state index in [-0.39, 0.29) is 11.7 Å². The Labute approximate surface area is 188 Å². The van der Waals surface area contributed by atoms with Gasteiger partial charge in [-0.1, -0.05) is 77.4 Å². The number of hydrogen-bond donors (Lipinski definition) is 1. The molecule has 3 aromatic rings. The highest BCUT2D eigenvalue weighted by atomic mass is 79.9. The molecule has 1 N–H and O–H groups in total. The van der Waals surface area contributed by atoms with Crippen LogP contribution in [0.2, 0.25) is 5.02 Å². The number of amides is 1. The molecule has 3 rings (SSSR count). The fourth-order valence-corrected chi connectivity index (χ4v) is 4.34. The maximum absolute atomic E-state index is 12.3. The molecule has 0 unspecified atom stereocenters. The van der Waals surface area contributed by atoms with Gasteiger partial charge in [-0.2, -0.15) is 0 Å². The molecule has 0 aliphatic rings. The average Bonchev–Trinajstić information content (AvgIpc) is 3.11. The fourth-order valence-electron chi connectivity index (χ4n) is 2.82. The molecule has 1 heterocycles. The number of nitrogens with zero attached hydrogens (tertiary/aromatic N) is 3. The summed E-state index contributed by atoms with van der Waals surface area (Å²) in [5, 5.41) is 12.7. The molecule has 0 fully saturated rings. The molecule has 0 bridgehead atoms. The topological polar surface area (TPSA) is 59.8 Å². The van der Waals surface area contributed by atoms with Crippen LogP contribution in [-0.4, -0.2) is 26.4 Å². The van der Waals surface area contributed by atoms with Crippen LogP contribution in [0, 0.1) is 0 Å². The van der Waals surface area contributed by atoms with Gasteiger partial charge in [-0.15, -0.1) is 10.2 Å². The Morgan fingerprint density at radius 1 is 1.21 bits per heavy atom. The van der Waals surface area contributed by atoms with Crippen LogP contribution in [-0.2, 0) is 11.3 Å². The summed E-state index contributed by atoms with van der Waals surface area (Å²) in [6, 6.07) is 13.7. The van der Waals surface area contributed by atoms with Crippen molar-refractivity contribution in [2.75, 3.05) is 11.1 Å². The van der Waals surface area contributed by atoms with Gasteiger partial charge in [0.05, 0.1) is 16.5 Å². The van der Waals surface area contributed by atoms with Crippen LogP contribution in [0.25, 0.3) is 11.4 Å². The molecule has 0 saturated carbocycles. The second-order valence-corrected chi connectivity index (χ2v) is 9.05. The first-order valence-electron chi connectivity index (χ1n) is 9.30. The summed E-state index contributed by atoms with van der Waals surface area (Å²) in [5.74, 6) is 1.36. The minimum absolute atomic E-state index is 0.146. The van der Waals surface area contributed by atoms with E-state index in [1.165, 1.54) is 17.3 Å². The Kier molecular flexibility index (Phi) is 7.38. The van der Waals surface area contributed by atoms with E-state index in [0.29, 0.717) is 21.8 Å². The Balaban J connectivity index is 1.69. The molecule has 29 heavy (non-hydrogen) atoms. The number of halogens is 2. The number of aromatic nitrogens is 3. The Hall–Kier alpha value is -1.83. The van der Waals surface area contributed by atoms with Gasteiger partial charge in [-0.05, 0) is 36.6 Å². The van der Waals surface area contributed by atoms with E-state index in [4.69, 9.17) is 11.6 Å². The molecule has 152 valence electrons. The molecular formula is C21H22BrClN4OS. The highest BCUT2D eigenvalue weighted by molar-refractivity contribution is 9.10. The van der Waals surface area contributed by atoms with Crippen molar-refractivity contribution in [3.8, 4) is 11.4 Å². The number of anilines is 1. The molecule has 0 aliphatic carbocycles. The molecule has 0 aliphatic heterocycles. The Bertz CT molecular complexity index is 1000. The van der Waals surface area contributed by atoms with E-state index < -0.39 is 0 Å². The number of thioether (sulfide) groups is 1. The summed E-state index contributed by atoms with van der Waals surface area (Å²) in [6.07, 6.45) is 0. The zero-order chi connectivity index (χ0) is 21.0. The lowest BCUT2D eigenvalue weighted by atomic mass is 10.0. The number of benzene rings is 2. The standard InChI is InChI=1S/C21H22BrClN4OS/c1-4-27-20(15-7-5-14(6-8-15)13(2)3)25-26-21(27)29-12-19(28)24-18-10-9-16(22)11-17(18)23/h5-11,13H,4,12H2,1-3H3,(H,24,28). The van der Waals surface area contributed by atoms with E-state index in [2.05, 4.69) is 69.6 Å². The largest absolute Gasteiger partial charge is 0.324 e. The van der Waals surface area contributed by atoms with Gasteiger partial charge in [-0.3, -0.25) is 4.79 Å². The van der Waals surface area contributed by atoms with Crippen molar-refractivity contribution in [1.82, 2.24) is 14.8 Å². The van der Waals surface area contributed by atoms with Gasteiger partial charge in [-0.25, -0.2) is 0 Å². The summed E-state index contributed by atoms with van der Waals surface area (Å²) in [4.78, 5) is 12.3. The van der Waals surface area contributed by atoms with Crippen LogP contribution in [0.1, 0.15) is 32.3 Å². The van der Waals surface area contributed by atoms with Gasteiger partial charge in [0, 0.05) is 16.6 Å². The van der Waals surface area contributed by atoms with Crippen molar-refractivity contribution >= 4 is 50.9 Å². The van der Waals surface area contributed by atoms with E-state index in [1.807, 2.05) is 17.6 Å². The maximum atomic E-state index is 12.3. The molecule has 2 aromatic carbocycles. The smallest absolute Gasteiger partial charge is 0.234 e. The fraction of sp³-hybridized carbons (Fsp3) is 0.286. The third-order valence-electron chi connectivity index (χ3n) is 4.41. The van der Waals surface area contributed by atoms with Gasteiger partial charge >= 0.3 is 0 Å². The van der Waals surface area contributed by atoms with Crippen molar-refractivity contribution < 1.29 is 4.79 Å². The lowest BCUT2D eigenvalue weighted by Gasteiger charge is -2.10. The van der Waals surface area contributed by atoms with Gasteiger partial charge in [0.15, 0.2) is 11.0 Å². The van der Waals surface area contributed by atoms with Crippen LogP contribution in [0.3, 0.4) is 0 Å². The summed E-state index contributed by atoms with van der Waals surface area (Å²) >= 11 is 10.9. The van der Waals surface area contributed by atoms with Crippen LogP contribution in [0.15, 0.2) is 52.1 Å². The van der Waals surface area contributed by atoms with Crippen molar-refractivity contribution in [2.24, 2.45) is 0 Å². The van der Waals surface area contributed by atoms with Crippen molar-refractivity contribution in [2.45, 2.75) is 38.4 Å². The highest BCUT2D eigenvalue weighted by Crippen LogP contribution is 2.28. The van der Waals surface area contributed by atoms with Gasteiger partial charge in [0.25, 0.3) is 0 Å². The summed E-state index contributed by atoms with van der Waals surface area (Å²) in [6.45, 7) is 7.10. The molecule has 0 atom stereocenters. The molecular weight excluding hydrogens is 472 g/mol. The number of rotatable bonds is 7. The Morgan fingerprint density at radius 2 is 1.93 bits per heavy atom. The molecule has 8 heteroatoms. The monoisotopic (exact) mass is 492 g/mol. The lowest BCUT2D eigenvalue weighted by molar-refractivity contribution is -0.113. The third-order valence-corrected chi connectivity index (χ3v) is 6.18. The number of carbonyl (C=O) groups excluding carboxylic acids is 1. The highest BCUT2D eigenvalue weighted by Gasteiger charge is 2.15. The zero-order valence-electron chi connectivity index (χ0n) is 16.4. The zero-order valence-corrected chi connectivity index (χ0v) is 19.6. The average molecular weight is 494 g/mol. The first-order chi connectivity index (χ1) is 13.9. The SMILES string of the molecule is CCn1c(SCC(=O)Nc2ccc(Br)cc2Cl)nnc1-c1ccc(C(C)C)cc1. The second-order valence-electron chi connectivity index (χ2n) is 6.79. The molecule has 1 amide bonds. The molecule has 5 nitrogen and oxygen atoms in total. The first kappa shape index (κ1) is 21.9. The number of carbonyl (C=O) groups is 1. The van der Waals surface area contributed by atoms with Crippen LogP contribution in [0.5, 0.6) is 0 Å². The quantitative estimate of drug-likeness (QED) is 0.396. The predicted molar refractivity (Wildman–Crippen MR) is 124 cm³/mol. The molecule has 1 aromatic heterocycles. The van der Waals surface area contributed by atoms with Gasteiger partial charge < -0.3 is 9.88 Å². The number of nitrogens with one attached hydrogen (secondary N) is 1. The van der Waals surface area contributed by atoms with E-state index in [1.54, 1.807) is 12.1 Å². The molecule has 0 spiro atoms. The summed E-state index contributed by atoms with van der Waals surface area (Å²) < 4.78 is 2.88. The van der Waals surface area contributed by atoms with Gasteiger partial charge in [0.2, 0.25) is 5.91 Å². The van der Waals surface area contributed by atoms with Crippen LogP contribution >= 0.6 is 39.3 Å². The number of hydrogen-bond acceptors (Lipinski definition) is 4. The third kappa shape index (κ3) is 5.41. The normalized spacial score (nSPS) is 11.1. The minimum Gasteiger partial charge on any atom is -0.324 e. The Morgan fingerprint density at radius 3 is 2.55 bits per heavy atom. The van der Waals surface area contributed by atoms with Gasteiger partial charge in [0.1, 0.15) is 0 Å². The van der Waals surface area contributed by atoms with Crippen LogP contribution < -0.4 is 5.32 Å². The molecule has 0 saturated heterocycles. The van der Waals surface area contributed by atoms with E-state index in [0.717, 1.165) is 22.4 Å².